The number of hydrogen-bond donors (Lipinski definition) is 1. The Morgan fingerprint density at radius 1 is 1.10 bits per heavy atom. The Morgan fingerprint density at radius 3 is 2.65 bits per heavy atom. The molecule has 0 aliphatic heterocycles. The molecular formula is C16H16BrNO2. The lowest BCUT2D eigenvalue weighted by molar-refractivity contribution is -0.120. The summed E-state index contributed by atoms with van der Waals surface area (Å²) in [5.74, 6) is 0.797. The van der Waals surface area contributed by atoms with Gasteiger partial charge in [0.05, 0.1) is 13.0 Å². The zero-order valence-electron chi connectivity index (χ0n) is 11.0. The highest BCUT2D eigenvalue weighted by Gasteiger charge is 2.02. The van der Waals surface area contributed by atoms with Gasteiger partial charge in [-0.3, -0.25) is 4.79 Å². The number of hydrogen-bond acceptors (Lipinski definition) is 2. The molecule has 0 spiro atoms. The van der Waals surface area contributed by atoms with Crippen LogP contribution in [-0.2, 0) is 11.2 Å². The summed E-state index contributed by atoms with van der Waals surface area (Å²) >= 11 is 3.38. The normalized spacial score (nSPS) is 10.1. The van der Waals surface area contributed by atoms with Crippen LogP contribution in [0.5, 0.6) is 5.75 Å². The summed E-state index contributed by atoms with van der Waals surface area (Å²) in [6.07, 6.45) is 0.401. The molecule has 0 aliphatic rings. The number of halogens is 1. The summed E-state index contributed by atoms with van der Waals surface area (Å²) in [6.45, 7) is 0.954. The molecule has 0 bridgehead atoms. The predicted molar refractivity (Wildman–Crippen MR) is 82.8 cm³/mol. The highest BCUT2D eigenvalue weighted by Crippen LogP contribution is 2.17. The van der Waals surface area contributed by atoms with Crippen molar-refractivity contribution in [3.63, 3.8) is 0 Å². The van der Waals surface area contributed by atoms with Crippen LogP contribution in [-0.4, -0.2) is 19.1 Å². The minimum atomic E-state index is 0.00837. The predicted octanol–water partition coefficient (Wildman–Crippen LogP) is 3.19. The van der Waals surface area contributed by atoms with Gasteiger partial charge in [-0.15, -0.1) is 0 Å². The van der Waals surface area contributed by atoms with Crippen LogP contribution < -0.4 is 10.1 Å². The van der Waals surface area contributed by atoms with Crippen LogP contribution >= 0.6 is 15.9 Å². The summed E-state index contributed by atoms with van der Waals surface area (Å²) in [5.41, 5.74) is 1.01. The third-order valence-electron chi connectivity index (χ3n) is 2.70. The van der Waals surface area contributed by atoms with E-state index in [-0.39, 0.29) is 5.91 Å². The molecule has 0 aliphatic carbocycles. The molecule has 0 heterocycles. The van der Waals surface area contributed by atoms with Crippen LogP contribution in [0.2, 0.25) is 0 Å². The molecule has 2 aromatic carbocycles. The molecule has 0 saturated carbocycles. The lowest BCUT2D eigenvalue weighted by Crippen LogP contribution is -2.29. The van der Waals surface area contributed by atoms with Gasteiger partial charge in [-0.1, -0.05) is 52.3 Å². The fraction of sp³-hybridized carbons (Fsp3) is 0.188. The molecule has 0 fully saturated rings. The van der Waals surface area contributed by atoms with E-state index in [1.807, 2.05) is 54.6 Å². The van der Waals surface area contributed by atoms with Crippen molar-refractivity contribution in [2.45, 2.75) is 6.42 Å². The third kappa shape index (κ3) is 5.05. The molecular weight excluding hydrogens is 318 g/mol. The van der Waals surface area contributed by atoms with Gasteiger partial charge < -0.3 is 10.1 Å². The van der Waals surface area contributed by atoms with Crippen LogP contribution in [0.3, 0.4) is 0 Å². The molecule has 0 radical (unpaired) electrons. The number of carbonyl (C=O) groups excluding carboxylic acids is 1. The highest BCUT2D eigenvalue weighted by atomic mass is 79.9. The molecule has 1 N–H and O–H groups in total. The summed E-state index contributed by atoms with van der Waals surface area (Å²) in [7, 11) is 0. The van der Waals surface area contributed by atoms with Gasteiger partial charge in [0.25, 0.3) is 0 Å². The molecule has 20 heavy (non-hydrogen) atoms. The molecule has 3 nitrogen and oxygen atoms in total. The Labute approximate surface area is 127 Å². The van der Waals surface area contributed by atoms with Crippen molar-refractivity contribution in [2.75, 3.05) is 13.2 Å². The second kappa shape index (κ2) is 7.70. The molecule has 0 atom stereocenters. The SMILES string of the molecule is O=C(Cc1ccccc1)NCCOc1cccc(Br)c1. The first-order chi connectivity index (χ1) is 9.74. The van der Waals surface area contributed by atoms with Crippen molar-refractivity contribution in [2.24, 2.45) is 0 Å². The number of nitrogens with one attached hydrogen (secondary N) is 1. The topological polar surface area (TPSA) is 38.3 Å². The Kier molecular flexibility index (Phi) is 5.62. The van der Waals surface area contributed by atoms with E-state index in [1.165, 1.54) is 0 Å². The molecule has 0 saturated heterocycles. The lowest BCUT2D eigenvalue weighted by Gasteiger charge is -2.08. The van der Waals surface area contributed by atoms with Crippen molar-refractivity contribution >= 4 is 21.8 Å². The zero-order valence-corrected chi connectivity index (χ0v) is 12.6. The van der Waals surface area contributed by atoms with Crippen molar-refractivity contribution in [3.05, 3.63) is 64.6 Å². The molecule has 1 amide bonds. The van der Waals surface area contributed by atoms with E-state index in [9.17, 15) is 4.79 Å². The van der Waals surface area contributed by atoms with E-state index in [0.717, 1.165) is 15.8 Å². The molecule has 4 heteroatoms. The van der Waals surface area contributed by atoms with Crippen LogP contribution in [0.1, 0.15) is 5.56 Å². The molecule has 104 valence electrons. The van der Waals surface area contributed by atoms with Gasteiger partial charge in [-0.25, -0.2) is 0 Å². The van der Waals surface area contributed by atoms with Crippen LogP contribution in [0.4, 0.5) is 0 Å². The Balaban J connectivity index is 1.67. The van der Waals surface area contributed by atoms with E-state index < -0.39 is 0 Å². The lowest BCUT2D eigenvalue weighted by atomic mass is 10.1. The maximum atomic E-state index is 11.7. The van der Waals surface area contributed by atoms with E-state index in [0.29, 0.717) is 19.6 Å². The van der Waals surface area contributed by atoms with Gasteiger partial charge in [0, 0.05) is 4.47 Å². The van der Waals surface area contributed by atoms with E-state index in [2.05, 4.69) is 21.2 Å². The molecule has 2 rings (SSSR count). The fourth-order valence-corrected chi connectivity index (χ4v) is 2.14. The first-order valence-electron chi connectivity index (χ1n) is 6.43. The average Bonchev–Trinajstić information content (AvgIpc) is 2.45. The molecule has 2 aromatic rings. The van der Waals surface area contributed by atoms with Crippen LogP contribution in [0.25, 0.3) is 0 Å². The first-order valence-corrected chi connectivity index (χ1v) is 7.22. The minimum Gasteiger partial charge on any atom is -0.492 e. The first kappa shape index (κ1) is 14.6. The highest BCUT2D eigenvalue weighted by molar-refractivity contribution is 9.10. The smallest absolute Gasteiger partial charge is 0.224 e. The quantitative estimate of drug-likeness (QED) is 0.824. The van der Waals surface area contributed by atoms with Gasteiger partial charge in [-0.2, -0.15) is 0 Å². The molecule has 0 aromatic heterocycles. The number of carbonyl (C=O) groups is 1. The van der Waals surface area contributed by atoms with E-state index in [4.69, 9.17) is 4.74 Å². The van der Waals surface area contributed by atoms with Gasteiger partial charge in [0.1, 0.15) is 12.4 Å². The summed E-state index contributed by atoms with van der Waals surface area (Å²) < 4.78 is 6.52. The third-order valence-corrected chi connectivity index (χ3v) is 3.19. The summed E-state index contributed by atoms with van der Waals surface area (Å²) in [4.78, 5) is 11.7. The van der Waals surface area contributed by atoms with Crippen molar-refractivity contribution in [3.8, 4) is 5.75 Å². The maximum Gasteiger partial charge on any atom is 0.224 e. The summed E-state index contributed by atoms with van der Waals surface area (Å²) in [6, 6.07) is 17.3. The number of rotatable bonds is 6. The zero-order chi connectivity index (χ0) is 14.2. The van der Waals surface area contributed by atoms with Crippen molar-refractivity contribution < 1.29 is 9.53 Å². The second-order valence-corrected chi connectivity index (χ2v) is 5.23. The Bertz CT molecular complexity index is 557. The second-order valence-electron chi connectivity index (χ2n) is 4.32. The monoisotopic (exact) mass is 333 g/mol. The number of benzene rings is 2. The van der Waals surface area contributed by atoms with E-state index in [1.54, 1.807) is 0 Å². The number of ether oxygens (including phenoxy) is 1. The van der Waals surface area contributed by atoms with Crippen LogP contribution in [0, 0.1) is 0 Å². The molecule has 0 unspecified atom stereocenters. The largest absolute Gasteiger partial charge is 0.492 e. The minimum absolute atomic E-state index is 0.00837. The fourth-order valence-electron chi connectivity index (χ4n) is 1.76. The Hall–Kier alpha value is -1.81. The van der Waals surface area contributed by atoms with E-state index >= 15 is 0 Å². The van der Waals surface area contributed by atoms with Gasteiger partial charge in [-0.05, 0) is 23.8 Å². The summed E-state index contributed by atoms with van der Waals surface area (Å²) in [5, 5.41) is 2.84. The Morgan fingerprint density at radius 2 is 1.90 bits per heavy atom. The standard InChI is InChI=1S/C16H16BrNO2/c17-14-7-4-8-15(12-14)20-10-9-18-16(19)11-13-5-2-1-3-6-13/h1-8,12H,9-11H2,(H,18,19). The van der Waals surface area contributed by atoms with Crippen molar-refractivity contribution in [1.82, 2.24) is 5.32 Å². The van der Waals surface area contributed by atoms with Crippen LogP contribution in [0.15, 0.2) is 59.1 Å². The number of amides is 1. The average molecular weight is 334 g/mol. The van der Waals surface area contributed by atoms with Gasteiger partial charge in [0.15, 0.2) is 0 Å². The van der Waals surface area contributed by atoms with Gasteiger partial charge in [0.2, 0.25) is 5.91 Å². The maximum absolute atomic E-state index is 11.7. The van der Waals surface area contributed by atoms with Gasteiger partial charge >= 0.3 is 0 Å². The van der Waals surface area contributed by atoms with Crippen molar-refractivity contribution in [1.29, 1.82) is 0 Å².